The highest BCUT2D eigenvalue weighted by Crippen LogP contribution is 2.28. The van der Waals surface area contributed by atoms with E-state index < -0.39 is 0 Å². The molecular weight excluding hydrogens is 196 g/mol. The van der Waals surface area contributed by atoms with Crippen LogP contribution in [0, 0.1) is 12.8 Å². The van der Waals surface area contributed by atoms with E-state index in [2.05, 4.69) is 10.4 Å². The lowest BCUT2D eigenvalue weighted by atomic mass is 9.95. The minimum absolute atomic E-state index is 0.0639. The summed E-state index contributed by atoms with van der Waals surface area (Å²) < 4.78 is 5.43. The maximum absolute atomic E-state index is 6.15. The molecule has 0 aliphatic carbocycles. The summed E-state index contributed by atoms with van der Waals surface area (Å²) in [6.07, 6.45) is 2.29. The van der Waals surface area contributed by atoms with Gasteiger partial charge >= 0.3 is 0 Å². The lowest BCUT2D eigenvalue weighted by Crippen LogP contribution is -2.28. The van der Waals surface area contributed by atoms with Crippen molar-refractivity contribution in [2.75, 3.05) is 13.2 Å². The minimum atomic E-state index is 0.0639. The predicted molar refractivity (Wildman–Crippen MR) is 57.3 cm³/mol. The van der Waals surface area contributed by atoms with E-state index in [1.165, 1.54) is 6.42 Å². The van der Waals surface area contributed by atoms with Gasteiger partial charge in [-0.3, -0.25) is 0 Å². The number of thiazole rings is 1. The first-order chi connectivity index (χ1) is 6.77. The Morgan fingerprint density at radius 2 is 2.57 bits per heavy atom. The molecule has 2 unspecified atom stereocenters. The van der Waals surface area contributed by atoms with Gasteiger partial charge in [-0.15, -0.1) is 11.3 Å². The number of aryl methyl sites for hydroxylation is 1. The van der Waals surface area contributed by atoms with Crippen molar-refractivity contribution < 1.29 is 4.74 Å². The first kappa shape index (κ1) is 10.1. The quantitative estimate of drug-likeness (QED) is 0.814. The van der Waals surface area contributed by atoms with Crippen molar-refractivity contribution in [3.8, 4) is 0 Å². The number of hydrogen-bond acceptors (Lipinski definition) is 4. The van der Waals surface area contributed by atoms with Gasteiger partial charge < -0.3 is 10.5 Å². The molecule has 4 heteroatoms. The third-order valence-electron chi connectivity index (χ3n) is 2.63. The van der Waals surface area contributed by atoms with E-state index in [-0.39, 0.29) is 6.04 Å². The van der Waals surface area contributed by atoms with Crippen LogP contribution in [-0.2, 0) is 4.74 Å². The fraction of sp³-hybridized carbons (Fsp3) is 0.700. The largest absolute Gasteiger partial charge is 0.381 e. The van der Waals surface area contributed by atoms with Gasteiger partial charge in [-0.1, -0.05) is 0 Å². The Balaban J connectivity index is 2.03. The molecule has 3 nitrogen and oxygen atoms in total. The topological polar surface area (TPSA) is 48.1 Å². The first-order valence-electron chi connectivity index (χ1n) is 5.02. The van der Waals surface area contributed by atoms with Gasteiger partial charge in [0.05, 0.1) is 12.6 Å². The Bertz CT molecular complexity index is 294. The third kappa shape index (κ3) is 2.13. The molecule has 1 saturated heterocycles. The molecule has 0 radical (unpaired) electrons. The molecule has 1 aliphatic rings. The van der Waals surface area contributed by atoms with Gasteiger partial charge in [-0.05, 0) is 19.8 Å². The van der Waals surface area contributed by atoms with E-state index in [0.29, 0.717) is 5.92 Å². The summed E-state index contributed by atoms with van der Waals surface area (Å²) in [5.41, 5.74) is 7.22. The van der Waals surface area contributed by atoms with E-state index in [1.807, 2.05) is 6.92 Å². The number of ether oxygens (including phenoxy) is 1. The summed E-state index contributed by atoms with van der Waals surface area (Å²) >= 11 is 1.66. The zero-order chi connectivity index (χ0) is 9.97. The number of aromatic nitrogens is 1. The molecule has 0 amide bonds. The molecule has 2 heterocycles. The molecule has 1 aliphatic heterocycles. The van der Waals surface area contributed by atoms with Crippen LogP contribution in [0.1, 0.15) is 29.6 Å². The Morgan fingerprint density at radius 1 is 1.71 bits per heavy atom. The van der Waals surface area contributed by atoms with Gasteiger partial charge in [0, 0.05) is 23.6 Å². The molecule has 1 aromatic rings. The van der Waals surface area contributed by atoms with E-state index in [1.54, 1.807) is 11.3 Å². The van der Waals surface area contributed by atoms with Crippen molar-refractivity contribution in [2.24, 2.45) is 11.7 Å². The molecule has 0 aromatic carbocycles. The predicted octanol–water partition coefficient (Wildman–Crippen LogP) is 1.88. The average molecular weight is 212 g/mol. The third-order valence-corrected chi connectivity index (χ3v) is 3.69. The summed E-state index contributed by atoms with van der Waals surface area (Å²) in [5.74, 6) is 0.453. The second kappa shape index (κ2) is 4.38. The van der Waals surface area contributed by atoms with Crippen LogP contribution in [-0.4, -0.2) is 18.2 Å². The first-order valence-corrected chi connectivity index (χ1v) is 5.90. The average Bonchev–Trinajstić information content (AvgIpc) is 2.65. The normalized spacial score (nSPS) is 24.9. The lowest BCUT2D eigenvalue weighted by molar-refractivity contribution is 0.0447. The van der Waals surface area contributed by atoms with Crippen LogP contribution in [0.5, 0.6) is 0 Å². The van der Waals surface area contributed by atoms with Crippen LogP contribution in [0.3, 0.4) is 0 Å². The molecule has 2 N–H and O–H groups in total. The molecule has 2 atom stereocenters. The van der Waals surface area contributed by atoms with Crippen molar-refractivity contribution in [1.29, 1.82) is 0 Å². The highest BCUT2D eigenvalue weighted by Gasteiger charge is 2.24. The second-order valence-electron chi connectivity index (χ2n) is 3.83. The molecule has 1 aromatic heterocycles. The van der Waals surface area contributed by atoms with Crippen LogP contribution in [0.25, 0.3) is 0 Å². The molecule has 0 spiro atoms. The van der Waals surface area contributed by atoms with Crippen LogP contribution in [0.2, 0.25) is 0 Å². The molecular formula is C10H16N2OS. The van der Waals surface area contributed by atoms with Gasteiger partial charge in [-0.25, -0.2) is 4.98 Å². The van der Waals surface area contributed by atoms with Crippen molar-refractivity contribution in [1.82, 2.24) is 4.98 Å². The zero-order valence-electron chi connectivity index (χ0n) is 8.40. The molecule has 0 bridgehead atoms. The van der Waals surface area contributed by atoms with Crippen molar-refractivity contribution in [3.63, 3.8) is 0 Å². The second-order valence-corrected chi connectivity index (χ2v) is 4.72. The van der Waals surface area contributed by atoms with Crippen LogP contribution >= 0.6 is 11.3 Å². The smallest absolute Gasteiger partial charge is 0.110 e. The molecule has 0 saturated carbocycles. The van der Waals surface area contributed by atoms with E-state index in [0.717, 1.165) is 30.3 Å². The van der Waals surface area contributed by atoms with E-state index in [9.17, 15) is 0 Å². The number of rotatable bonds is 2. The van der Waals surface area contributed by atoms with Gasteiger partial charge in [0.25, 0.3) is 0 Å². The van der Waals surface area contributed by atoms with Gasteiger partial charge in [0.15, 0.2) is 0 Å². The Kier molecular flexibility index (Phi) is 3.15. The molecule has 2 rings (SSSR count). The monoisotopic (exact) mass is 212 g/mol. The van der Waals surface area contributed by atoms with E-state index >= 15 is 0 Å². The van der Waals surface area contributed by atoms with Crippen LogP contribution in [0.4, 0.5) is 0 Å². The zero-order valence-corrected chi connectivity index (χ0v) is 9.22. The summed E-state index contributed by atoms with van der Waals surface area (Å²) in [6, 6.07) is 0.0639. The number of nitrogens with zero attached hydrogens (tertiary/aromatic N) is 1. The summed E-state index contributed by atoms with van der Waals surface area (Å²) in [5, 5.41) is 3.11. The molecule has 1 fully saturated rings. The summed E-state index contributed by atoms with van der Waals surface area (Å²) in [7, 11) is 0. The van der Waals surface area contributed by atoms with Crippen molar-refractivity contribution in [3.05, 3.63) is 16.1 Å². The minimum Gasteiger partial charge on any atom is -0.381 e. The maximum Gasteiger partial charge on any atom is 0.110 e. The summed E-state index contributed by atoms with van der Waals surface area (Å²) in [4.78, 5) is 4.42. The molecule has 14 heavy (non-hydrogen) atoms. The van der Waals surface area contributed by atoms with Crippen molar-refractivity contribution in [2.45, 2.75) is 25.8 Å². The van der Waals surface area contributed by atoms with Gasteiger partial charge in [0.1, 0.15) is 5.01 Å². The standard InChI is InChI=1S/C10H16N2OS/c1-7-6-14-10(12-7)9(11)8-3-2-4-13-5-8/h6,8-9H,2-5,11H2,1H3. The Morgan fingerprint density at radius 3 is 3.14 bits per heavy atom. The Labute approximate surface area is 88.3 Å². The fourth-order valence-electron chi connectivity index (χ4n) is 1.78. The Hall–Kier alpha value is -0.450. The number of nitrogens with two attached hydrogens (primary N) is 1. The van der Waals surface area contributed by atoms with E-state index in [4.69, 9.17) is 10.5 Å². The van der Waals surface area contributed by atoms with Crippen LogP contribution < -0.4 is 5.73 Å². The van der Waals surface area contributed by atoms with Gasteiger partial charge in [0.2, 0.25) is 0 Å². The molecule has 78 valence electrons. The van der Waals surface area contributed by atoms with Crippen molar-refractivity contribution >= 4 is 11.3 Å². The lowest BCUT2D eigenvalue weighted by Gasteiger charge is -2.26. The highest BCUT2D eigenvalue weighted by molar-refractivity contribution is 7.09. The SMILES string of the molecule is Cc1csc(C(N)C2CCCOC2)n1. The highest BCUT2D eigenvalue weighted by atomic mass is 32.1. The fourth-order valence-corrected chi connectivity index (χ4v) is 2.67. The summed E-state index contributed by atoms with van der Waals surface area (Å²) in [6.45, 7) is 3.68. The number of hydrogen-bond donors (Lipinski definition) is 1. The van der Waals surface area contributed by atoms with Gasteiger partial charge in [-0.2, -0.15) is 0 Å². The van der Waals surface area contributed by atoms with Crippen LogP contribution in [0.15, 0.2) is 5.38 Å². The maximum atomic E-state index is 6.15.